The molecule has 2 aromatic carbocycles. The maximum Gasteiger partial charge on any atom is 0.339 e. The Hall–Kier alpha value is -3.07. The first-order valence-corrected chi connectivity index (χ1v) is 7.63. The molecule has 0 saturated heterocycles. The van der Waals surface area contributed by atoms with Crippen LogP contribution in [0.5, 0.6) is 5.75 Å². The third-order valence-corrected chi connectivity index (χ3v) is 3.20. The number of carbonyl (C=O) groups excluding carboxylic acids is 1. The Morgan fingerprint density at radius 1 is 0.917 bits per heavy atom. The van der Waals surface area contributed by atoms with Crippen molar-refractivity contribution in [2.45, 2.75) is 0 Å². The van der Waals surface area contributed by atoms with Crippen LogP contribution in [0.3, 0.4) is 0 Å². The van der Waals surface area contributed by atoms with E-state index in [9.17, 15) is 4.79 Å². The smallest absolute Gasteiger partial charge is 0.339 e. The van der Waals surface area contributed by atoms with Crippen LogP contribution in [-0.4, -0.2) is 19.2 Å². The Morgan fingerprint density at radius 2 is 1.58 bits per heavy atom. The molecule has 0 aromatic heterocycles. The molecule has 0 unspecified atom stereocenters. The van der Waals surface area contributed by atoms with Crippen LogP contribution in [0, 0.1) is 0 Å². The molecule has 0 radical (unpaired) electrons. The van der Waals surface area contributed by atoms with Crippen LogP contribution in [0.4, 0.5) is 0 Å². The fraction of sp³-hybridized carbons (Fsp3) is 0.0952. The van der Waals surface area contributed by atoms with Gasteiger partial charge in [0.2, 0.25) is 0 Å². The van der Waals surface area contributed by atoms with Crippen molar-refractivity contribution >= 4 is 17.6 Å². The number of hydrogen-bond donors (Lipinski definition) is 0. The molecule has 0 aliphatic rings. The average molecular weight is 320 g/mol. The number of carbonyl (C=O) groups is 1. The van der Waals surface area contributed by atoms with Crippen molar-refractivity contribution in [2.24, 2.45) is 0 Å². The van der Waals surface area contributed by atoms with Crippen molar-refractivity contribution in [1.82, 2.24) is 0 Å². The van der Waals surface area contributed by atoms with Gasteiger partial charge in [-0.2, -0.15) is 0 Å². The molecule has 0 bridgehead atoms. The van der Waals surface area contributed by atoms with Crippen molar-refractivity contribution in [3.05, 3.63) is 91.0 Å². The molecule has 0 amide bonds. The van der Waals surface area contributed by atoms with E-state index in [1.54, 1.807) is 12.2 Å². The van der Waals surface area contributed by atoms with E-state index in [4.69, 9.17) is 9.47 Å². The maximum absolute atomic E-state index is 12.4. The van der Waals surface area contributed by atoms with Gasteiger partial charge in [-0.05, 0) is 29.3 Å². The molecule has 0 aliphatic carbocycles. The minimum absolute atomic E-state index is 0.172. The maximum atomic E-state index is 12.4. The fourth-order valence-electron chi connectivity index (χ4n) is 2.07. The molecule has 122 valence electrons. The van der Waals surface area contributed by atoms with Crippen molar-refractivity contribution < 1.29 is 14.3 Å². The highest BCUT2D eigenvalue weighted by Gasteiger charge is 2.13. The molecule has 0 spiro atoms. The van der Waals surface area contributed by atoms with Crippen molar-refractivity contribution in [3.8, 4) is 5.75 Å². The van der Waals surface area contributed by atoms with E-state index in [0.29, 0.717) is 12.2 Å². The second-order valence-corrected chi connectivity index (χ2v) is 4.98. The average Bonchev–Trinajstić information content (AvgIpc) is 2.64. The molecule has 24 heavy (non-hydrogen) atoms. The van der Waals surface area contributed by atoms with Crippen molar-refractivity contribution in [2.75, 3.05) is 13.2 Å². The molecule has 0 N–H and O–H groups in total. The lowest BCUT2D eigenvalue weighted by Gasteiger charge is -2.09. The van der Waals surface area contributed by atoms with Gasteiger partial charge in [0.15, 0.2) is 0 Å². The fourth-order valence-corrected chi connectivity index (χ4v) is 2.07. The van der Waals surface area contributed by atoms with Gasteiger partial charge in [-0.3, -0.25) is 0 Å². The minimum atomic E-state index is -0.390. The quantitative estimate of drug-likeness (QED) is 0.310. The molecule has 0 aliphatic heterocycles. The van der Waals surface area contributed by atoms with Crippen LogP contribution in [0.2, 0.25) is 0 Å². The van der Waals surface area contributed by atoms with Gasteiger partial charge in [0, 0.05) is 0 Å². The summed E-state index contributed by atoms with van der Waals surface area (Å²) in [4.78, 5) is 12.4. The number of benzene rings is 2. The van der Waals surface area contributed by atoms with E-state index >= 15 is 0 Å². The summed E-state index contributed by atoms with van der Waals surface area (Å²) < 4.78 is 10.7. The van der Waals surface area contributed by atoms with E-state index in [1.807, 2.05) is 60.7 Å². The Labute approximate surface area is 142 Å². The van der Waals surface area contributed by atoms with E-state index < -0.39 is 5.97 Å². The highest BCUT2D eigenvalue weighted by molar-refractivity contribution is 6.21. The lowest BCUT2D eigenvalue weighted by atomic mass is 10.0. The molecule has 0 atom stereocenters. The molecular weight excluding hydrogens is 300 g/mol. The highest BCUT2D eigenvalue weighted by atomic mass is 16.5. The number of esters is 1. The summed E-state index contributed by atoms with van der Waals surface area (Å²) >= 11 is 0. The van der Waals surface area contributed by atoms with Crippen LogP contribution in [0.25, 0.3) is 11.6 Å². The predicted molar refractivity (Wildman–Crippen MR) is 97.6 cm³/mol. The van der Waals surface area contributed by atoms with E-state index in [-0.39, 0.29) is 6.61 Å². The SMILES string of the molecule is C=CCOC(=O)/C(=C/c1ccccc1)c1ccc(OCC=C)cc1. The van der Waals surface area contributed by atoms with Crippen LogP contribution in [-0.2, 0) is 9.53 Å². The molecule has 0 saturated carbocycles. The zero-order chi connectivity index (χ0) is 17.2. The Morgan fingerprint density at radius 3 is 2.21 bits per heavy atom. The Bertz CT molecular complexity index is 713. The minimum Gasteiger partial charge on any atom is -0.490 e. The summed E-state index contributed by atoms with van der Waals surface area (Å²) in [6, 6.07) is 16.9. The topological polar surface area (TPSA) is 35.5 Å². The van der Waals surface area contributed by atoms with Crippen molar-refractivity contribution in [3.63, 3.8) is 0 Å². The zero-order valence-electron chi connectivity index (χ0n) is 13.5. The number of hydrogen-bond acceptors (Lipinski definition) is 3. The Kier molecular flexibility index (Phi) is 6.59. The summed E-state index contributed by atoms with van der Waals surface area (Å²) in [6.45, 7) is 7.79. The van der Waals surface area contributed by atoms with E-state index in [0.717, 1.165) is 16.9 Å². The van der Waals surface area contributed by atoms with Crippen LogP contribution in [0.1, 0.15) is 11.1 Å². The van der Waals surface area contributed by atoms with Gasteiger partial charge >= 0.3 is 5.97 Å². The second-order valence-electron chi connectivity index (χ2n) is 4.98. The summed E-state index contributed by atoms with van der Waals surface area (Å²) in [5, 5.41) is 0. The lowest BCUT2D eigenvalue weighted by molar-refractivity contribution is -0.135. The number of ether oxygens (including phenoxy) is 2. The first kappa shape index (κ1) is 17.3. The highest BCUT2D eigenvalue weighted by Crippen LogP contribution is 2.23. The van der Waals surface area contributed by atoms with Gasteiger partial charge in [0.25, 0.3) is 0 Å². The molecule has 2 aromatic rings. The third-order valence-electron chi connectivity index (χ3n) is 3.20. The normalized spacial score (nSPS) is 10.8. The first-order chi connectivity index (χ1) is 11.7. The van der Waals surface area contributed by atoms with Crippen LogP contribution in [0.15, 0.2) is 79.9 Å². The van der Waals surface area contributed by atoms with Crippen LogP contribution >= 0.6 is 0 Å². The summed E-state index contributed by atoms with van der Waals surface area (Å²) in [6.07, 6.45) is 5.04. The van der Waals surface area contributed by atoms with Gasteiger partial charge in [0.05, 0.1) is 5.57 Å². The summed E-state index contributed by atoms with van der Waals surface area (Å²) in [5.74, 6) is 0.329. The van der Waals surface area contributed by atoms with Gasteiger partial charge in [-0.25, -0.2) is 4.79 Å². The monoisotopic (exact) mass is 320 g/mol. The molecular formula is C21H20O3. The van der Waals surface area contributed by atoms with Gasteiger partial charge in [-0.15, -0.1) is 0 Å². The summed E-state index contributed by atoms with van der Waals surface area (Å²) in [7, 11) is 0. The summed E-state index contributed by atoms with van der Waals surface area (Å²) in [5.41, 5.74) is 2.17. The number of rotatable bonds is 8. The standard InChI is InChI=1S/C21H20O3/c1-3-14-23-19-12-10-18(11-13-19)20(21(22)24-15-4-2)16-17-8-6-5-7-9-17/h3-13,16H,1-2,14-15H2/b20-16+. The molecule has 3 nitrogen and oxygen atoms in total. The third kappa shape index (κ3) is 4.99. The molecule has 3 heteroatoms. The second kappa shape index (κ2) is 9.16. The Balaban J connectivity index is 2.31. The van der Waals surface area contributed by atoms with E-state index in [2.05, 4.69) is 13.2 Å². The van der Waals surface area contributed by atoms with Gasteiger partial charge in [-0.1, -0.05) is 67.8 Å². The predicted octanol–water partition coefficient (Wildman–Crippen LogP) is 4.52. The van der Waals surface area contributed by atoms with E-state index in [1.165, 1.54) is 0 Å². The molecule has 0 heterocycles. The largest absolute Gasteiger partial charge is 0.490 e. The molecule has 0 fully saturated rings. The lowest BCUT2D eigenvalue weighted by Crippen LogP contribution is -2.07. The van der Waals surface area contributed by atoms with Gasteiger partial charge in [0.1, 0.15) is 19.0 Å². The first-order valence-electron chi connectivity index (χ1n) is 7.63. The van der Waals surface area contributed by atoms with Crippen molar-refractivity contribution in [1.29, 1.82) is 0 Å². The zero-order valence-corrected chi connectivity index (χ0v) is 13.5. The van der Waals surface area contributed by atoms with Crippen LogP contribution < -0.4 is 4.74 Å². The molecule has 2 rings (SSSR count). The van der Waals surface area contributed by atoms with Gasteiger partial charge < -0.3 is 9.47 Å².